The Balaban J connectivity index is 2.03. The third-order valence-electron chi connectivity index (χ3n) is 4.49. The zero-order valence-corrected chi connectivity index (χ0v) is 16.9. The standard InChI is InChI=1S/C19H26N4O5S/c1-29-7-6-15(18(26)23-16(10-24)19(27)28)22-17(25)13(20)8-11-9-21-14-5-3-2-4-12(11)14/h2-5,9,13,15-16,21,24H,6-8,10,20H2,1H3,(H,22,25)(H,23,26)(H,27,28). The molecular weight excluding hydrogens is 396 g/mol. The van der Waals surface area contributed by atoms with Gasteiger partial charge in [0, 0.05) is 17.1 Å². The van der Waals surface area contributed by atoms with E-state index in [1.165, 1.54) is 11.8 Å². The van der Waals surface area contributed by atoms with Gasteiger partial charge in [0.05, 0.1) is 12.6 Å². The lowest BCUT2D eigenvalue weighted by Crippen LogP contribution is -2.55. The van der Waals surface area contributed by atoms with E-state index in [1.54, 1.807) is 6.20 Å². The van der Waals surface area contributed by atoms with Gasteiger partial charge in [0.15, 0.2) is 0 Å². The molecule has 0 radical (unpaired) electrons. The summed E-state index contributed by atoms with van der Waals surface area (Å²) in [6.07, 6.45) is 4.24. The number of aliphatic carboxylic acids is 1. The normalized spacial score (nSPS) is 14.2. The minimum atomic E-state index is -1.43. The fourth-order valence-electron chi connectivity index (χ4n) is 2.87. The number of benzene rings is 1. The molecule has 7 N–H and O–H groups in total. The number of nitrogens with two attached hydrogens (primary N) is 1. The van der Waals surface area contributed by atoms with E-state index in [9.17, 15) is 14.4 Å². The molecule has 0 aliphatic heterocycles. The number of hydrogen-bond donors (Lipinski definition) is 6. The summed E-state index contributed by atoms with van der Waals surface area (Å²) in [7, 11) is 0. The number of para-hydroxylation sites is 1. The number of carbonyl (C=O) groups excluding carboxylic acids is 2. The van der Waals surface area contributed by atoms with Crippen LogP contribution in [0.5, 0.6) is 0 Å². The van der Waals surface area contributed by atoms with Crippen molar-refractivity contribution in [3.05, 3.63) is 36.0 Å². The van der Waals surface area contributed by atoms with Crippen LogP contribution in [0, 0.1) is 0 Å². The van der Waals surface area contributed by atoms with E-state index >= 15 is 0 Å². The number of amides is 2. The zero-order valence-electron chi connectivity index (χ0n) is 16.1. The number of nitrogens with one attached hydrogen (secondary N) is 3. The number of aromatic nitrogens is 1. The SMILES string of the molecule is CSCCC(NC(=O)C(N)Cc1c[nH]c2ccccc12)C(=O)NC(CO)C(=O)O. The van der Waals surface area contributed by atoms with Crippen LogP contribution in [0.1, 0.15) is 12.0 Å². The van der Waals surface area contributed by atoms with Gasteiger partial charge in [-0.1, -0.05) is 18.2 Å². The Morgan fingerprint density at radius 1 is 1.17 bits per heavy atom. The van der Waals surface area contributed by atoms with Gasteiger partial charge in [0.2, 0.25) is 11.8 Å². The second-order valence-corrected chi connectivity index (χ2v) is 7.58. The molecule has 2 aromatic rings. The summed E-state index contributed by atoms with van der Waals surface area (Å²) in [5.74, 6) is -1.96. The monoisotopic (exact) mass is 422 g/mol. The molecule has 29 heavy (non-hydrogen) atoms. The maximum atomic E-state index is 12.6. The molecular formula is C19H26N4O5S. The van der Waals surface area contributed by atoms with Gasteiger partial charge in [-0.15, -0.1) is 0 Å². The van der Waals surface area contributed by atoms with Crippen LogP contribution in [-0.2, 0) is 20.8 Å². The third-order valence-corrected chi connectivity index (χ3v) is 5.14. The molecule has 0 bridgehead atoms. The summed E-state index contributed by atoms with van der Waals surface area (Å²) in [6, 6.07) is 4.39. The number of rotatable bonds is 11. The Kier molecular flexibility index (Phi) is 8.50. The van der Waals surface area contributed by atoms with Gasteiger partial charge in [0.25, 0.3) is 0 Å². The van der Waals surface area contributed by atoms with Gasteiger partial charge in [-0.05, 0) is 36.5 Å². The predicted octanol–water partition coefficient (Wildman–Crippen LogP) is -0.163. The molecule has 9 nitrogen and oxygen atoms in total. The molecule has 0 aliphatic carbocycles. The summed E-state index contributed by atoms with van der Waals surface area (Å²) in [6.45, 7) is -0.746. The van der Waals surface area contributed by atoms with E-state index < -0.39 is 42.5 Å². The van der Waals surface area contributed by atoms with Crippen molar-refractivity contribution in [3.63, 3.8) is 0 Å². The first kappa shape index (κ1) is 22.7. The number of aliphatic hydroxyl groups excluding tert-OH is 1. The Morgan fingerprint density at radius 3 is 2.52 bits per heavy atom. The highest BCUT2D eigenvalue weighted by atomic mass is 32.2. The van der Waals surface area contributed by atoms with Gasteiger partial charge >= 0.3 is 5.97 Å². The van der Waals surface area contributed by atoms with Crippen molar-refractivity contribution in [2.45, 2.75) is 31.0 Å². The minimum Gasteiger partial charge on any atom is -0.480 e. The molecule has 2 amide bonds. The molecule has 3 unspecified atom stereocenters. The van der Waals surface area contributed by atoms with Crippen molar-refractivity contribution < 1.29 is 24.6 Å². The third kappa shape index (κ3) is 6.21. The molecule has 2 rings (SSSR count). The lowest BCUT2D eigenvalue weighted by molar-refractivity contribution is -0.143. The highest BCUT2D eigenvalue weighted by Gasteiger charge is 2.27. The number of H-pyrrole nitrogens is 1. The molecule has 10 heteroatoms. The lowest BCUT2D eigenvalue weighted by Gasteiger charge is -2.22. The molecule has 1 heterocycles. The molecule has 3 atom stereocenters. The number of carboxylic acids is 1. The molecule has 158 valence electrons. The van der Waals surface area contributed by atoms with Crippen molar-refractivity contribution in [2.24, 2.45) is 5.73 Å². The van der Waals surface area contributed by atoms with Crippen LogP contribution >= 0.6 is 11.8 Å². The van der Waals surface area contributed by atoms with E-state index in [2.05, 4.69) is 15.6 Å². The van der Waals surface area contributed by atoms with E-state index in [4.69, 9.17) is 15.9 Å². The first-order valence-corrected chi connectivity index (χ1v) is 10.5. The van der Waals surface area contributed by atoms with E-state index in [-0.39, 0.29) is 6.42 Å². The summed E-state index contributed by atoms with van der Waals surface area (Å²) in [4.78, 5) is 39.1. The van der Waals surface area contributed by atoms with Crippen molar-refractivity contribution in [1.29, 1.82) is 0 Å². The van der Waals surface area contributed by atoms with E-state index in [0.717, 1.165) is 16.5 Å². The minimum absolute atomic E-state index is 0.279. The maximum Gasteiger partial charge on any atom is 0.328 e. The Morgan fingerprint density at radius 2 is 1.86 bits per heavy atom. The molecule has 0 saturated heterocycles. The van der Waals surface area contributed by atoms with E-state index in [0.29, 0.717) is 12.2 Å². The van der Waals surface area contributed by atoms with Gasteiger partial charge in [0.1, 0.15) is 12.1 Å². The van der Waals surface area contributed by atoms with Gasteiger partial charge < -0.3 is 31.6 Å². The highest BCUT2D eigenvalue weighted by Crippen LogP contribution is 2.18. The predicted molar refractivity (Wildman–Crippen MR) is 112 cm³/mol. The largest absolute Gasteiger partial charge is 0.480 e. The fraction of sp³-hybridized carbons (Fsp3) is 0.421. The van der Waals surface area contributed by atoms with Gasteiger partial charge in [-0.2, -0.15) is 11.8 Å². The number of hydrogen-bond acceptors (Lipinski definition) is 6. The number of thioether (sulfide) groups is 1. The molecule has 0 saturated carbocycles. The number of carboxylic acid groups (broad SMARTS) is 1. The summed E-state index contributed by atoms with van der Waals surface area (Å²) in [5.41, 5.74) is 7.88. The maximum absolute atomic E-state index is 12.6. The summed E-state index contributed by atoms with van der Waals surface area (Å²) in [5, 5.41) is 23.9. The summed E-state index contributed by atoms with van der Waals surface area (Å²) >= 11 is 1.49. The average molecular weight is 423 g/mol. The quantitative estimate of drug-likeness (QED) is 0.294. The molecule has 1 aromatic heterocycles. The topological polar surface area (TPSA) is 158 Å². The smallest absolute Gasteiger partial charge is 0.328 e. The zero-order chi connectivity index (χ0) is 21.4. The Hall–Kier alpha value is -2.56. The molecule has 0 aliphatic rings. The van der Waals surface area contributed by atoms with Crippen LogP contribution in [0.25, 0.3) is 10.9 Å². The van der Waals surface area contributed by atoms with Crippen molar-refractivity contribution in [1.82, 2.24) is 15.6 Å². The van der Waals surface area contributed by atoms with Crippen LogP contribution in [0.4, 0.5) is 0 Å². The van der Waals surface area contributed by atoms with Crippen LogP contribution in [0.15, 0.2) is 30.5 Å². The van der Waals surface area contributed by atoms with Crippen LogP contribution < -0.4 is 16.4 Å². The van der Waals surface area contributed by atoms with Crippen molar-refractivity contribution in [2.75, 3.05) is 18.6 Å². The van der Waals surface area contributed by atoms with Gasteiger partial charge in [-0.25, -0.2) is 4.79 Å². The second-order valence-electron chi connectivity index (χ2n) is 6.59. The number of fused-ring (bicyclic) bond motifs is 1. The lowest BCUT2D eigenvalue weighted by atomic mass is 10.0. The van der Waals surface area contributed by atoms with Crippen molar-refractivity contribution in [3.8, 4) is 0 Å². The first-order valence-electron chi connectivity index (χ1n) is 9.11. The Labute approximate surface area is 172 Å². The highest BCUT2D eigenvalue weighted by molar-refractivity contribution is 7.98. The van der Waals surface area contributed by atoms with E-state index in [1.807, 2.05) is 30.5 Å². The van der Waals surface area contributed by atoms with Crippen molar-refractivity contribution >= 4 is 40.4 Å². The number of carbonyl (C=O) groups is 3. The molecule has 0 spiro atoms. The molecule has 1 aromatic carbocycles. The first-order chi connectivity index (χ1) is 13.9. The number of aromatic amines is 1. The summed E-state index contributed by atoms with van der Waals surface area (Å²) < 4.78 is 0. The van der Waals surface area contributed by atoms with Gasteiger partial charge in [-0.3, -0.25) is 9.59 Å². The van der Waals surface area contributed by atoms with Crippen LogP contribution in [-0.4, -0.2) is 69.7 Å². The molecule has 0 fully saturated rings. The Bertz CT molecular complexity index is 856. The number of aliphatic hydroxyl groups is 1. The average Bonchev–Trinajstić information content (AvgIpc) is 3.11. The fourth-order valence-corrected chi connectivity index (χ4v) is 3.34. The van der Waals surface area contributed by atoms with Crippen LogP contribution in [0.2, 0.25) is 0 Å². The second kappa shape index (κ2) is 10.8. The van der Waals surface area contributed by atoms with Crippen LogP contribution in [0.3, 0.4) is 0 Å².